The molecule has 1 aromatic rings. The highest BCUT2D eigenvalue weighted by Gasteiger charge is 2.24. The van der Waals surface area contributed by atoms with Crippen LogP contribution in [0.3, 0.4) is 0 Å². The van der Waals surface area contributed by atoms with Crippen LogP contribution < -0.4 is 4.90 Å². The molecule has 1 aliphatic heterocycles. The number of carbonyl (C=O) groups excluding carboxylic acids is 2. The Morgan fingerprint density at radius 1 is 1.62 bits per heavy atom. The third-order valence-electron chi connectivity index (χ3n) is 2.26. The summed E-state index contributed by atoms with van der Waals surface area (Å²) in [5.41, 5.74) is 1.53. The van der Waals surface area contributed by atoms with Crippen LogP contribution in [0.4, 0.5) is 5.69 Å². The largest absolute Gasteiger partial charge is 0.372 e. The number of aldehydes is 1. The molecule has 68 valence electrons. The molecule has 0 aromatic carbocycles. The van der Waals surface area contributed by atoms with Gasteiger partial charge in [0.25, 0.3) is 0 Å². The second-order valence-corrected chi connectivity index (χ2v) is 3.99. The Morgan fingerprint density at radius 3 is 3.08 bits per heavy atom. The minimum atomic E-state index is 0.150. The Morgan fingerprint density at radius 2 is 2.38 bits per heavy atom. The summed E-state index contributed by atoms with van der Waals surface area (Å²) in [6, 6.07) is 0. The molecule has 3 nitrogen and oxygen atoms in total. The summed E-state index contributed by atoms with van der Waals surface area (Å²) >= 11 is 1.34. The summed E-state index contributed by atoms with van der Waals surface area (Å²) in [5, 5.41) is 1.77. The van der Waals surface area contributed by atoms with Gasteiger partial charge in [-0.15, -0.1) is 11.3 Å². The van der Waals surface area contributed by atoms with Crippen molar-refractivity contribution in [3.63, 3.8) is 0 Å². The van der Waals surface area contributed by atoms with Crippen LogP contribution in [-0.4, -0.2) is 25.7 Å². The zero-order valence-corrected chi connectivity index (χ0v) is 8.06. The summed E-state index contributed by atoms with van der Waals surface area (Å²) in [7, 11) is 1.91. The molecular weight excluding hydrogens is 186 g/mol. The lowest BCUT2D eigenvalue weighted by Gasteiger charge is -2.24. The van der Waals surface area contributed by atoms with E-state index in [2.05, 4.69) is 0 Å². The average molecular weight is 195 g/mol. The molecule has 0 saturated heterocycles. The van der Waals surface area contributed by atoms with Crippen molar-refractivity contribution < 1.29 is 9.59 Å². The quantitative estimate of drug-likeness (QED) is 0.638. The standard InChI is InChI=1S/C9H9NO2S/c1-10-3-2-7(12)6-5-13-8(4-11)9(6)10/h4-5H,2-3H2,1H3. The maximum absolute atomic E-state index is 11.4. The van der Waals surface area contributed by atoms with Crippen LogP contribution in [0, 0.1) is 0 Å². The lowest BCUT2D eigenvalue weighted by molar-refractivity contribution is 0.0981. The Balaban J connectivity index is 2.59. The van der Waals surface area contributed by atoms with E-state index < -0.39 is 0 Å². The van der Waals surface area contributed by atoms with Crippen molar-refractivity contribution in [3.8, 4) is 0 Å². The summed E-state index contributed by atoms with van der Waals surface area (Å²) in [5.74, 6) is 0.150. The van der Waals surface area contributed by atoms with Gasteiger partial charge >= 0.3 is 0 Å². The lowest BCUT2D eigenvalue weighted by Crippen LogP contribution is -2.27. The fourth-order valence-corrected chi connectivity index (χ4v) is 2.48. The molecule has 4 heteroatoms. The van der Waals surface area contributed by atoms with Crippen molar-refractivity contribution in [2.24, 2.45) is 0 Å². The smallest absolute Gasteiger partial charge is 0.167 e. The Kier molecular flexibility index (Phi) is 1.92. The summed E-state index contributed by atoms with van der Waals surface area (Å²) in [4.78, 5) is 24.7. The predicted molar refractivity (Wildman–Crippen MR) is 51.9 cm³/mol. The number of thiophene rings is 1. The van der Waals surface area contributed by atoms with Crippen molar-refractivity contribution in [2.75, 3.05) is 18.5 Å². The molecule has 0 saturated carbocycles. The van der Waals surface area contributed by atoms with Gasteiger partial charge in [0.15, 0.2) is 12.1 Å². The molecule has 13 heavy (non-hydrogen) atoms. The number of carbonyl (C=O) groups is 2. The number of hydrogen-bond acceptors (Lipinski definition) is 4. The van der Waals surface area contributed by atoms with Gasteiger partial charge in [-0.3, -0.25) is 9.59 Å². The Labute approximate surface area is 80.0 Å². The molecule has 0 bridgehead atoms. The van der Waals surface area contributed by atoms with E-state index in [4.69, 9.17) is 0 Å². The summed E-state index contributed by atoms with van der Waals surface area (Å²) in [6.07, 6.45) is 1.37. The van der Waals surface area contributed by atoms with E-state index in [0.717, 1.165) is 12.0 Å². The Bertz CT molecular complexity index is 370. The van der Waals surface area contributed by atoms with E-state index in [0.29, 0.717) is 23.4 Å². The number of rotatable bonds is 1. The summed E-state index contributed by atoms with van der Waals surface area (Å²) in [6.45, 7) is 0.712. The van der Waals surface area contributed by atoms with Gasteiger partial charge in [-0.2, -0.15) is 0 Å². The molecule has 0 N–H and O–H groups in total. The molecule has 2 heterocycles. The monoisotopic (exact) mass is 195 g/mol. The van der Waals surface area contributed by atoms with Crippen LogP contribution in [0.5, 0.6) is 0 Å². The number of fused-ring (bicyclic) bond motifs is 1. The highest BCUT2D eigenvalue weighted by Crippen LogP contribution is 2.33. The van der Waals surface area contributed by atoms with Crippen molar-refractivity contribution in [3.05, 3.63) is 15.8 Å². The van der Waals surface area contributed by atoms with Crippen molar-refractivity contribution in [1.82, 2.24) is 0 Å². The molecule has 1 aliphatic rings. The van der Waals surface area contributed by atoms with Gasteiger partial charge in [0, 0.05) is 25.4 Å². The number of nitrogens with zero attached hydrogens (tertiary/aromatic N) is 1. The van der Waals surface area contributed by atoms with Gasteiger partial charge < -0.3 is 4.90 Å². The lowest BCUT2D eigenvalue weighted by atomic mass is 10.0. The van der Waals surface area contributed by atoms with E-state index in [1.807, 2.05) is 11.9 Å². The number of ketones is 1. The molecule has 0 fully saturated rings. The highest BCUT2D eigenvalue weighted by molar-refractivity contribution is 7.12. The van der Waals surface area contributed by atoms with Gasteiger partial charge in [-0.25, -0.2) is 0 Å². The molecule has 1 aromatic heterocycles. The van der Waals surface area contributed by atoms with Gasteiger partial charge in [-0.05, 0) is 0 Å². The molecule has 2 rings (SSSR count). The first-order chi connectivity index (χ1) is 6.24. The zero-order chi connectivity index (χ0) is 9.42. The van der Waals surface area contributed by atoms with E-state index >= 15 is 0 Å². The fourth-order valence-electron chi connectivity index (χ4n) is 1.56. The minimum absolute atomic E-state index is 0.150. The molecule has 0 unspecified atom stereocenters. The minimum Gasteiger partial charge on any atom is -0.372 e. The first-order valence-electron chi connectivity index (χ1n) is 4.05. The highest BCUT2D eigenvalue weighted by atomic mass is 32.1. The second-order valence-electron chi connectivity index (χ2n) is 3.07. The molecule has 0 atom stereocenters. The SMILES string of the molecule is CN1CCC(=O)c2csc(C=O)c21. The van der Waals surface area contributed by atoms with Gasteiger partial charge in [0.2, 0.25) is 0 Å². The van der Waals surface area contributed by atoms with E-state index in [9.17, 15) is 9.59 Å². The van der Waals surface area contributed by atoms with Crippen molar-refractivity contribution in [2.45, 2.75) is 6.42 Å². The summed E-state index contributed by atoms with van der Waals surface area (Å²) < 4.78 is 0. The van der Waals surface area contributed by atoms with Gasteiger partial charge in [0.1, 0.15) is 0 Å². The Hall–Kier alpha value is -1.16. The van der Waals surface area contributed by atoms with Gasteiger partial charge in [0.05, 0.1) is 16.1 Å². The first kappa shape index (κ1) is 8.44. The number of anilines is 1. The molecule has 0 radical (unpaired) electrons. The van der Waals surface area contributed by atoms with E-state index in [1.54, 1.807) is 5.38 Å². The van der Waals surface area contributed by atoms with Crippen LogP contribution in [0.15, 0.2) is 5.38 Å². The van der Waals surface area contributed by atoms with Crippen molar-refractivity contribution >= 4 is 29.1 Å². The maximum atomic E-state index is 11.4. The third-order valence-corrected chi connectivity index (χ3v) is 3.15. The topological polar surface area (TPSA) is 37.4 Å². The van der Waals surface area contributed by atoms with Crippen LogP contribution in [0.1, 0.15) is 26.5 Å². The molecular formula is C9H9NO2S. The molecule has 0 amide bonds. The third kappa shape index (κ3) is 1.18. The second kappa shape index (κ2) is 2.96. The van der Waals surface area contributed by atoms with Crippen LogP contribution in [0.25, 0.3) is 0 Å². The molecule has 0 aliphatic carbocycles. The maximum Gasteiger partial charge on any atom is 0.167 e. The van der Waals surface area contributed by atoms with Gasteiger partial charge in [-0.1, -0.05) is 0 Å². The van der Waals surface area contributed by atoms with Crippen molar-refractivity contribution in [1.29, 1.82) is 0 Å². The average Bonchev–Trinajstić information content (AvgIpc) is 2.56. The number of Topliss-reactive ketones (excluding diaryl/α,β-unsaturated/α-hetero) is 1. The fraction of sp³-hybridized carbons (Fsp3) is 0.333. The zero-order valence-electron chi connectivity index (χ0n) is 7.24. The normalized spacial score (nSPS) is 15.8. The van der Waals surface area contributed by atoms with E-state index in [-0.39, 0.29) is 5.78 Å². The van der Waals surface area contributed by atoms with Crippen LogP contribution >= 0.6 is 11.3 Å². The first-order valence-corrected chi connectivity index (χ1v) is 4.93. The van der Waals surface area contributed by atoms with Crippen LogP contribution in [0.2, 0.25) is 0 Å². The number of hydrogen-bond donors (Lipinski definition) is 0. The van der Waals surface area contributed by atoms with Crippen LogP contribution in [-0.2, 0) is 0 Å². The predicted octanol–water partition coefficient (Wildman–Crippen LogP) is 1.58. The van der Waals surface area contributed by atoms with E-state index in [1.165, 1.54) is 11.3 Å². The molecule has 0 spiro atoms.